The first kappa shape index (κ1) is 15.7. The highest BCUT2D eigenvalue weighted by atomic mass is 127. The summed E-state index contributed by atoms with van der Waals surface area (Å²) in [5.74, 6) is 0.202. The number of halogens is 1. The van der Waals surface area contributed by atoms with E-state index in [4.69, 9.17) is 4.74 Å². The van der Waals surface area contributed by atoms with Crippen LogP contribution in [0.4, 0.5) is 5.69 Å². The summed E-state index contributed by atoms with van der Waals surface area (Å²) in [6, 6.07) is 14.0. The lowest BCUT2D eigenvalue weighted by Crippen LogP contribution is -2.03. The van der Waals surface area contributed by atoms with E-state index < -0.39 is 11.0 Å². The summed E-state index contributed by atoms with van der Waals surface area (Å²) >= 11 is 2.03. The lowest BCUT2D eigenvalue weighted by atomic mass is 10.1. The number of aliphatic hydroxyl groups is 1. The maximum Gasteiger partial charge on any atom is 0.311 e. The van der Waals surface area contributed by atoms with Crippen LogP contribution in [0.1, 0.15) is 17.2 Å². The summed E-state index contributed by atoms with van der Waals surface area (Å²) in [5.41, 5.74) is 1.32. The molecule has 0 aromatic heterocycles. The SMILES string of the molecule is O=[N+]([O-])c1cc([C@@H](O)CI)ccc1OCc1ccccc1. The van der Waals surface area contributed by atoms with Crippen LogP contribution in [-0.4, -0.2) is 14.5 Å². The number of nitro benzene ring substituents is 1. The molecule has 6 heteroatoms. The van der Waals surface area contributed by atoms with Crippen LogP contribution in [0.2, 0.25) is 0 Å². The molecule has 0 spiro atoms. The van der Waals surface area contributed by atoms with Crippen LogP contribution in [0.25, 0.3) is 0 Å². The van der Waals surface area contributed by atoms with Crippen LogP contribution in [0.15, 0.2) is 48.5 Å². The summed E-state index contributed by atoms with van der Waals surface area (Å²) in [6.45, 7) is 0.260. The highest BCUT2D eigenvalue weighted by Gasteiger charge is 2.18. The van der Waals surface area contributed by atoms with E-state index in [0.29, 0.717) is 9.99 Å². The molecule has 0 aliphatic carbocycles. The molecule has 5 nitrogen and oxygen atoms in total. The van der Waals surface area contributed by atoms with Gasteiger partial charge in [-0.25, -0.2) is 0 Å². The number of benzene rings is 2. The van der Waals surface area contributed by atoms with E-state index in [9.17, 15) is 15.2 Å². The van der Waals surface area contributed by atoms with Gasteiger partial charge in [-0.1, -0.05) is 59.0 Å². The van der Waals surface area contributed by atoms with Gasteiger partial charge < -0.3 is 9.84 Å². The Bertz CT molecular complexity index is 618. The van der Waals surface area contributed by atoms with Gasteiger partial charge in [-0.2, -0.15) is 0 Å². The first-order valence-electron chi connectivity index (χ1n) is 6.31. The molecule has 1 N–H and O–H groups in total. The molecule has 1 atom stereocenters. The number of alkyl halides is 1. The van der Waals surface area contributed by atoms with E-state index in [0.717, 1.165) is 5.56 Å². The van der Waals surface area contributed by atoms with Gasteiger partial charge in [-0.15, -0.1) is 0 Å². The zero-order valence-corrected chi connectivity index (χ0v) is 13.3. The normalized spacial score (nSPS) is 11.9. The van der Waals surface area contributed by atoms with Gasteiger partial charge in [-0.05, 0) is 17.2 Å². The maximum atomic E-state index is 11.1. The van der Waals surface area contributed by atoms with Crippen LogP contribution in [0, 0.1) is 10.1 Å². The van der Waals surface area contributed by atoms with E-state index >= 15 is 0 Å². The number of aliphatic hydroxyl groups excluding tert-OH is 1. The second kappa shape index (κ2) is 7.37. The van der Waals surface area contributed by atoms with Gasteiger partial charge in [0.1, 0.15) is 6.61 Å². The molecule has 2 rings (SSSR count). The quantitative estimate of drug-likeness (QED) is 0.349. The molecule has 0 saturated carbocycles. The molecule has 0 unspecified atom stereocenters. The molecule has 110 valence electrons. The Morgan fingerprint density at radius 1 is 1.24 bits per heavy atom. The largest absolute Gasteiger partial charge is 0.482 e. The van der Waals surface area contributed by atoms with Gasteiger partial charge in [0.15, 0.2) is 5.75 Å². The predicted molar refractivity (Wildman–Crippen MR) is 87.7 cm³/mol. The van der Waals surface area contributed by atoms with Crippen molar-refractivity contribution in [2.75, 3.05) is 4.43 Å². The third kappa shape index (κ3) is 4.15. The number of rotatable bonds is 6. The molecule has 0 fully saturated rings. The van der Waals surface area contributed by atoms with Gasteiger partial charge in [-0.3, -0.25) is 10.1 Å². The Kier molecular flexibility index (Phi) is 5.51. The highest BCUT2D eigenvalue weighted by Crippen LogP contribution is 2.31. The zero-order valence-electron chi connectivity index (χ0n) is 11.1. The van der Waals surface area contributed by atoms with Crippen molar-refractivity contribution in [3.8, 4) is 5.75 Å². The zero-order chi connectivity index (χ0) is 15.2. The molecule has 0 heterocycles. The van der Waals surface area contributed by atoms with E-state index in [1.54, 1.807) is 6.07 Å². The van der Waals surface area contributed by atoms with E-state index in [2.05, 4.69) is 0 Å². The van der Waals surface area contributed by atoms with E-state index in [1.165, 1.54) is 12.1 Å². The fraction of sp³-hybridized carbons (Fsp3) is 0.200. The van der Waals surface area contributed by atoms with Crippen LogP contribution in [0.3, 0.4) is 0 Å². The van der Waals surface area contributed by atoms with Gasteiger partial charge in [0.2, 0.25) is 0 Å². The Balaban J connectivity index is 2.20. The van der Waals surface area contributed by atoms with Gasteiger partial charge in [0, 0.05) is 10.5 Å². The molecule has 21 heavy (non-hydrogen) atoms. The number of nitrogens with zero attached hydrogens (tertiary/aromatic N) is 1. The van der Waals surface area contributed by atoms with Crippen molar-refractivity contribution < 1.29 is 14.8 Å². The lowest BCUT2D eigenvalue weighted by molar-refractivity contribution is -0.386. The van der Waals surface area contributed by atoms with Crippen molar-refractivity contribution in [3.05, 3.63) is 69.8 Å². The molecule has 0 radical (unpaired) electrons. The summed E-state index contributed by atoms with van der Waals surface area (Å²) < 4.78 is 6.00. The minimum Gasteiger partial charge on any atom is -0.482 e. The second-order valence-corrected chi connectivity index (χ2v) is 5.31. The fourth-order valence-corrected chi connectivity index (χ4v) is 2.34. The average Bonchev–Trinajstić information content (AvgIpc) is 2.52. The van der Waals surface area contributed by atoms with Crippen molar-refractivity contribution in [1.29, 1.82) is 0 Å². The first-order valence-corrected chi connectivity index (χ1v) is 7.83. The smallest absolute Gasteiger partial charge is 0.311 e. The third-order valence-corrected chi connectivity index (χ3v) is 3.78. The molecular weight excluding hydrogens is 385 g/mol. The fourth-order valence-electron chi connectivity index (χ4n) is 1.83. The van der Waals surface area contributed by atoms with Crippen LogP contribution in [0.5, 0.6) is 5.75 Å². The second-order valence-electron chi connectivity index (χ2n) is 4.43. The van der Waals surface area contributed by atoms with Crippen molar-refractivity contribution >= 4 is 28.3 Å². The Morgan fingerprint density at radius 3 is 2.57 bits per heavy atom. The topological polar surface area (TPSA) is 72.6 Å². The highest BCUT2D eigenvalue weighted by molar-refractivity contribution is 14.1. The molecule has 0 bridgehead atoms. The van der Waals surface area contributed by atoms with Crippen LogP contribution < -0.4 is 4.74 Å². The van der Waals surface area contributed by atoms with Crippen molar-refractivity contribution in [2.45, 2.75) is 12.7 Å². The lowest BCUT2D eigenvalue weighted by Gasteiger charge is -2.10. The number of ether oxygens (including phenoxy) is 1. The molecule has 2 aromatic carbocycles. The third-order valence-electron chi connectivity index (χ3n) is 2.95. The van der Waals surface area contributed by atoms with Crippen LogP contribution in [-0.2, 0) is 6.61 Å². The molecule has 0 aliphatic rings. The molecule has 2 aromatic rings. The molecule has 0 amide bonds. The van der Waals surface area contributed by atoms with Gasteiger partial charge in [0.05, 0.1) is 11.0 Å². The molecular formula is C15H14INO4. The average molecular weight is 399 g/mol. The summed E-state index contributed by atoms with van der Waals surface area (Å²) in [6.07, 6.45) is -0.715. The Morgan fingerprint density at radius 2 is 1.95 bits per heavy atom. The predicted octanol–water partition coefficient (Wildman–Crippen LogP) is 3.64. The Labute approximate surface area is 135 Å². The number of nitro groups is 1. The van der Waals surface area contributed by atoms with E-state index in [1.807, 2.05) is 52.9 Å². The van der Waals surface area contributed by atoms with Crippen molar-refractivity contribution in [1.82, 2.24) is 0 Å². The number of hydrogen-bond acceptors (Lipinski definition) is 4. The van der Waals surface area contributed by atoms with Crippen molar-refractivity contribution in [2.24, 2.45) is 0 Å². The monoisotopic (exact) mass is 399 g/mol. The van der Waals surface area contributed by atoms with Crippen LogP contribution >= 0.6 is 22.6 Å². The van der Waals surface area contributed by atoms with Gasteiger partial charge >= 0.3 is 5.69 Å². The summed E-state index contributed by atoms with van der Waals surface area (Å²) in [4.78, 5) is 10.6. The minimum atomic E-state index is -0.715. The minimum absolute atomic E-state index is 0.132. The number of hydrogen-bond donors (Lipinski definition) is 1. The summed E-state index contributed by atoms with van der Waals surface area (Å²) in [5, 5.41) is 20.9. The van der Waals surface area contributed by atoms with Gasteiger partial charge in [0.25, 0.3) is 0 Å². The van der Waals surface area contributed by atoms with Crippen molar-refractivity contribution in [3.63, 3.8) is 0 Å². The Hall–Kier alpha value is -1.67. The maximum absolute atomic E-state index is 11.1. The first-order chi connectivity index (χ1) is 10.1. The molecule has 0 saturated heterocycles. The standard InChI is InChI=1S/C15H14INO4/c16-9-14(18)12-6-7-15(13(8-12)17(19)20)21-10-11-4-2-1-3-5-11/h1-8,14,18H,9-10H2/t14-/m0/s1. The molecule has 0 aliphatic heterocycles. The van der Waals surface area contributed by atoms with E-state index in [-0.39, 0.29) is 18.0 Å². The summed E-state index contributed by atoms with van der Waals surface area (Å²) in [7, 11) is 0.